The lowest BCUT2D eigenvalue weighted by Crippen LogP contribution is -2.61. The van der Waals surface area contributed by atoms with E-state index in [-0.39, 0.29) is 43.3 Å². The van der Waals surface area contributed by atoms with Crippen molar-refractivity contribution in [2.45, 2.75) is 38.5 Å². The van der Waals surface area contributed by atoms with Crippen molar-refractivity contribution in [2.75, 3.05) is 99.4 Å². The van der Waals surface area contributed by atoms with E-state index in [1.54, 1.807) is 4.90 Å². The largest absolute Gasteiger partial charge is 0.494 e. The summed E-state index contributed by atoms with van der Waals surface area (Å²) in [5, 5.41) is 20.0. The number of aliphatic carboxylic acids is 2. The number of nitrogens with zero attached hydrogens (tertiary/aromatic N) is 4. The van der Waals surface area contributed by atoms with Crippen LogP contribution in [-0.4, -0.2) is 165 Å². The molecule has 2 heterocycles. The van der Waals surface area contributed by atoms with E-state index < -0.39 is 29.9 Å². The van der Waals surface area contributed by atoms with Gasteiger partial charge < -0.3 is 29.2 Å². The van der Waals surface area contributed by atoms with Crippen molar-refractivity contribution in [3.8, 4) is 5.75 Å². The minimum atomic E-state index is -0.996. The molecule has 3 unspecified atom stereocenters. The van der Waals surface area contributed by atoms with E-state index in [1.807, 2.05) is 34.1 Å². The summed E-state index contributed by atoms with van der Waals surface area (Å²) in [5.74, 6) is -2.09. The third kappa shape index (κ3) is 11.9. The van der Waals surface area contributed by atoms with Crippen molar-refractivity contribution < 1.29 is 52.8 Å². The predicted molar refractivity (Wildman–Crippen MR) is 163 cm³/mol. The minimum absolute atomic E-state index is 0.0107. The maximum atomic E-state index is 12.8. The fourth-order valence-corrected chi connectivity index (χ4v) is 5.62. The van der Waals surface area contributed by atoms with E-state index in [9.17, 15) is 29.4 Å². The maximum absolute atomic E-state index is 12.8. The molecule has 0 aliphatic carbocycles. The van der Waals surface area contributed by atoms with Crippen LogP contribution in [0.3, 0.4) is 0 Å². The summed E-state index contributed by atoms with van der Waals surface area (Å²) in [5.41, 5.74) is 0.832. The average molecular weight is 638 g/mol. The first-order chi connectivity index (χ1) is 21.6. The molecule has 252 valence electrons. The van der Waals surface area contributed by atoms with Crippen molar-refractivity contribution >= 4 is 23.9 Å². The second-order valence-corrected chi connectivity index (χ2v) is 11.7. The van der Waals surface area contributed by atoms with E-state index in [1.165, 1.54) is 14.2 Å². The number of carbonyl (C=O) groups excluding carboxylic acids is 2. The number of hydrogen-bond acceptors (Lipinski definition) is 11. The van der Waals surface area contributed by atoms with Gasteiger partial charge in [0.05, 0.1) is 47.0 Å². The Labute approximate surface area is 264 Å². The number of hydrogen-bond donors (Lipinski definition) is 2. The van der Waals surface area contributed by atoms with E-state index in [2.05, 4.69) is 6.92 Å². The number of rotatable bonds is 15. The molecule has 3 rings (SSSR count). The molecule has 45 heavy (non-hydrogen) atoms. The molecular weight excluding hydrogens is 588 g/mol. The monoisotopic (exact) mass is 637 g/mol. The molecule has 14 heteroatoms. The summed E-state index contributed by atoms with van der Waals surface area (Å²) in [6.07, 6.45) is 1.94. The highest BCUT2D eigenvalue weighted by Crippen LogP contribution is 2.27. The summed E-state index contributed by atoms with van der Waals surface area (Å²) in [7, 11) is 2.64. The molecule has 2 aliphatic rings. The highest BCUT2D eigenvalue weighted by Gasteiger charge is 2.48. The van der Waals surface area contributed by atoms with Crippen LogP contribution >= 0.6 is 0 Å². The molecule has 2 saturated heterocycles. The van der Waals surface area contributed by atoms with Gasteiger partial charge in [0, 0.05) is 39.3 Å². The van der Waals surface area contributed by atoms with Gasteiger partial charge in [-0.15, -0.1) is 0 Å². The molecule has 1 aromatic rings. The number of unbranched alkanes of at least 4 members (excludes halogenated alkanes) is 1. The van der Waals surface area contributed by atoms with Gasteiger partial charge in [-0.1, -0.05) is 25.5 Å². The van der Waals surface area contributed by atoms with Gasteiger partial charge in [0.25, 0.3) is 0 Å². The number of quaternary nitrogens is 1. The first-order valence-corrected chi connectivity index (χ1v) is 15.5. The quantitative estimate of drug-likeness (QED) is 0.118. The molecule has 2 aliphatic heterocycles. The Balaban J connectivity index is 1.89. The summed E-state index contributed by atoms with van der Waals surface area (Å²) in [6.45, 7) is 5.80. The van der Waals surface area contributed by atoms with Gasteiger partial charge in [-0.3, -0.25) is 33.6 Å². The molecule has 0 radical (unpaired) electrons. The van der Waals surface area contributed by atoms with Crippen molar-refractivity contribution in [2.24, 2.45) is 0 Å². The van der Waals surface area contributed by atoms with Crippen molar-refractivity contribution in [3.63, 3.8) is 0 Å². The Morgan fingerprint density at radius 2 is 1.53 bits per heavy atom. The van der Waals surface area contributed by atoms with Gasteiger partial charge in [-0.05, 0) is 30.5 Å². The Kier molecular flexibility index (Phi) is 14.5. The average Bonchev–Trinajstić information content (AvgIpc) is 3.87. The van der Waals surface area contributed by atoms with Crippen molar-refractivity contribution in [3.05, 3.63) is 29.8 Å². The number of esters is 2. The van der Waals surface area contributed by atoms with Crippen LogP contribution in [0.25, 0.3) is 0 Å². The molecular formula is C31H49N4O10+. The lowest BCUT2D eigenvalue weighted by molar-refractivity contribution is -0.939. The molecule has 0 aromatic heterocycles. The molecule has 3 atom stereocenters. The zero-order valence-electron chi connectivity index (χ0n) is 26.7. The lowest BCUT2D eigenvalue weighted by atomic mass is 10.0. The smallest absolute Gasteiger partial charge is 0.361 e. The second kappa shape index (κ2) is 18.0. The number of benzene rings is 1. The first-order valence-electron chi connectivity index (χ1n) is 15.5. The molecule has 2 N–H and O–H groups in total. The minimum Gasteiger partial charge on any atom is -0.494 e. The van der Waals surface area contributed by atoms with Crippen LogP contribution in [0.4, 0.5) is 0 Å². The fraction of sp³-hybridized carbons (Fsp3) is 0.677. The Bertz CT molecular complexity index is 1120. The highest BCUT2D eigenvalue weighted by atomic mass is 16.6. The lowest BCUT2D eigenvalue weighted by Gasteiger charge is -2.41. The van der Waals surface area contributed by atoms with Crippen LogP contribution in [0.5, 0.6) is 5.75 Å². The molecule has 14 nitrogen and oxygen atoms in total. The van der Waals surface area contributed by atoms with Crippen molar-refractivity contribution in [1.29, 1.82) is 0 Å². The van der Waals surface area contributed by atoms with Crippen LogP contribution in [0.1, 0.15) is 25.3 Å². The van der Waals surface area contributed by atoms with Gasteiger partial charge in [0.2, 0.25) is 6.23 Å². The van der Waals surface area contributed by atoms with Crippen LogP contribution < -0.4 is 4.74 Å². The highest BCUT2D eigenvalue weighted by molar-refractivity contribution is 5.74. The van der Waals surface area contributed by atoms with Gasteiger partial charge in [0.1, 0.15) is 18.4 Å². The van der Waals surface area contributed by atoms with Crippen molar-refractivity contribution in [1.82, 2.24) is 14.7 Å². The van der Waals surface area contributed by atoms with E-state index in [0.717, 1.165) is 24.2 Å². The summed E-state index contributed by atoms with van der Waals surface area (Å²) in [6, 6.07) is 6.53. The van der Waals surface area contributed by atoms with Gasteiger partial charge in [-0.2, -0.15) is 0 Å². The molecule has 1 aromatic carbocycles. The number of carboxylic acid groups (broad SMARTS) is 2. The van der Waals surface area contributed by atoms with Gasteiger partial charge in [0.15, 0.2) is 6.54 Å². The molecule has 0 bridgehead atoms. The summed E-state index contributed by atoms with van der Waals surface area (Å²) < 4.78 is 21.6. The zero-order valence-corrected chi connectivity index (χ0v) is 26.7. The number of methoxy groups -OCH3 is 2. The number of carboxylic acids is 2. The Morgan fingerprint density at radius 3 is 2.11 bits per heavy atom. The molecule has 0 amide bonds. The summed E-state index contributed by atoms with van der Waals surface area (Å²) in [4.78, 5) is 54.8. The van der Waals surface area contributed by atoms with Crippen LogP contribution in [0.15, 0.2) is 24.3 Å². The van der Waals surface area contributed by atoms with Crippen LogP contribution in [0, 0.1) is 0 Å². The van der Waals surface area contributed by atoms with E-state index in [4.69, 9.17) is 18.9 Å². The Hall–Kier alpha value is -3.30. The number of ether oxygens (including phenoxy) is 4. The molecule has 0 saturated carbocycles. The first kappa shape index (κ1) is 36.2. The molecule has 2 fully saturated rings. The van der Waals surface area contributed by atoms with Gasteiger partial charge >= 0.3 is 23.9 Å². The third-order valence-electron chi connectivity index (χ3n) is 8.51. The van der Waals surface area contributed by atoms with Gasteiger partial charge in [-0.25, -0.2) is 4.79 Å². The SMILES string of the molecule is CCCCOc1ccc(CC(C(=O)O)N2CCN(CC(=O)O)CCN(CC(=O)OC)CC[N+](CC(=O)OC)(C3CO3)CC2)cc1. The number of epoxide rings is 1. The standard InChI is InChI=1S/C31H48N4O10/c1-4-5-18-44-25-8-6-24(7-9-25)19-26(31(40)41)34-13-12-32(20-28(36)37)10-11-33(21-29(38)42-2)14-16-35(17-15-34,27-23-45-27)22-30(39)43-3/h6-9,26-27H,4-5,10-23H2,1-3H3,(H-,36,37,40,41)/p+1. The third-order valence-corrected chi connectivity index (χ3v) is 8.51. The normalized spacial score (nSPS) is 22.8. The number of carbonyl (C=O) groups is 4. The van der Waals surface area contributed by atoms with E-state index >= 15 is 0 Å². The Morgan fingerprint density at radius 1 is 0.911 bits per heavy atom. The summed E-state index contributed by atoms with van der Waals surface area (Å²) >= 11 is 0. The van der Waals surface area contributed by atoms with Crippen LogP contribution in [-0.2, 0) is 39.8 Å². The maximum Gasteiger partial charge on any atom is 0.361 e. The second-order valence-electron chi connectivity index (χ2n) is 11.7. The predicted octanol–water partition coefficient (Wildman–Crippen LogP) is 0.385. The molecule has 0 spiro atoms. The van der Waals surface area contributed by atoms with Crippen LogP contribution in [0.2, 0.25) is 0 Å². The van der Waals surface area contributed by atoms with E-state index in [0.29, 0.717) is 59.0 Å². The zero-order chi connectivity index (χ0) is 32.8. The fourth-order valence-electron chi connectivity index (χ4n) is 5.62. The topological polar surface area (TPSA) is 159 Å².